The predicted octanol–water partition coefficient (Wildman–Crippen LogP) is 0.584. The van der Waals surface area contributed by atoms with E-state index in [2.05, 4.69) is 21.8 Å². The smallest absolute Gasteiger partial charge is 0.196 e. The third-order valence-electron chi connectivity index (χ3n) is 2.39. The Morgan fingerprint density at radius 3 is 2.60 bits per heavy atom. The van der Waals surface area contributed by atoms with Crippen LogP contribution < -0.4 is 0 Å². The van der Waals surface area contributed by atoms with Gasteiger partial charge in [-0.05, 0) is 12.8 Å². The minimum absolute atomic E-state index is 0. The molecule has 0 spiro atoms. The van der Waals surface area contributed by atoms with Crippen molar-refractivity contribution in [1.82, 2.24) is 4.90 Å². The molecule has 2 aliphatic heterocycles. The molecule has 2 heterocycles. The number of rotatable bonds is 0. The zero-order valence-electron chi connectivity index (χ0n) is 9.57. The number of guanidine groups is 1. The third-order valence-corrected chi connectivity index (χ3v) is 2.39. The van der Waals surface area contributed by atoms with Gasteiger partial charge in [-0.2, -0.15) is 6.92 Å². The summed E-state index contributed by atoms with van der Waals surface area (Å²) in [5.41, 5.74) is 0. The van der Waals surface area contributed by atoms with Crippen LogP contribution in [-0.4, -0.2) is 54.9 Å². The van der Waals surface area contributed by atoms with Gasteiger partial charge in [0.2, 0.25) is 0 Å². The Hall–Kier alpha value is 0.135. The van der Waals surface area contributed by atoms with Crippen molar-refractivity contribution in [2.24, 2.45) is 0 Å². The summed E-state index contributed by atoms with van der Waals surface area (Å²) >= 11 is 0. The van der Waals surface area contributed by atoms with Crippen molar-refractivity contribution >= 4 is 12.2 Å². The van der Waals surface area contributed by atoms with Gasteiger partial charge in [0, 0.05) is 68.8 Å². The molecule has 0 atom stereocenters. The Kier molecular flexibility index (Phi) is 8.38. The molecular weight excluding hydrogens is 317 g/mol. The topological polar surface area (TPSA) is 37.4 Å². The number of hydrogen-bond acceptors (Lipinski definition) is 2. The molecule has 0 aromatic carbocycles. The molecule has 5 heteroatoms. The SMILES string of the molecule is C[C-]=O.C[N+]1=C2[N-]CCCN2CCC1.[La]. The van der Waals surface area contributed by atoms with E-state index in [0.717, 1.165) is 6.54 Å². The van der Waals surface area contributed by atoms with Crippen molar-refractivity contribution in [3.05, 3.63) is 5.32 Å². The molecule has 2 aliphatic rings. The van der Waals surface area contributed by atoms with E-state index < -0.39 is 0 Å². The first-order valence-corrected chi connectivity index (χ1v) is 5.09. The fraction of sp³-hybridized carbons (Fsp3) is 0.800. The maximum absolute atomic E-state index is 8.68. The monoisotopic (exact) mass is 335 g/mol. The molecule has 0 aromatic heterocycles. The van der Waals surface area contributed by atoms with Crippen LogP contribution in [0.2, 0.25) is 0 Å². The summed E-state index contributed by atoms with van der Waals surface area (Å²) in [6.07, 6.45) is 4.02. The van der Waals surface area contributed by atoms with E-state index in [9.17, 15) is 0 Å². The molecule has 0 bridgehead atoms. The molecule has 4 nitrogen and oxygen atoms in total. The number of carbonyl (C=O) groups excluding carboxylic acids is 1. The first-order valence-electron chi connectivity index (χ1n) is 5.09. The van der Waals surface area contributed by atoms with Crippen molar-refractivity contribution in [3.8, 4) is 0 Å². The fourth-order valence-electron chi connectivity index (χ4n) is 1.81. The summed E-state index contributed by atoms with van der Waals surface area (Å²) in [7, 11) is 2.14. The van der Waals surface area contributed by atoms with E-state index in [-0.39, 0.29) is 35.6 Å². The number of hydrogen-bond donors (Lipinski definition) is 0. The fourth-order valence-corrected chi connectivity index (χ4v) is 1.81. The second kappa shape index (κ2) is 8.31. The van der Waals surface area contributed by atoms with E-state index in [0.29, 0.717) is 0 Å². The van der Waals surface area contributed by atoms with Crippen LogP contribution in [0.5, 0.6) is 0 Å². The van der Waals surface area contributed by atoms with Crippen LogP contribution >= 0.6 is 0 Å². The molecular formula is C10H18LaN3O-. The van der Waals surface area contributed by atoms with Crippen molar-refractivity contribution in [3.63, 3.8) is 0 Å². The maximum atomic E-state index is 8.68. The van der Waals surface area contributed by atoms with E-state index in [4.69, 9.17) is 4.79 Å². The first-order chi connectivity index (χ1) is 6.79. The van der Waals surface area contributed by atoms with Crippen LogP contribution in [0.4, 0.5) is 0 Å². The minimum atomic E-state index is 0. The summed E-state index contributed by atoms with van der Waals surface area (Å²) in [6, 6.07) is 0. The van der Waals surface area contributed by atoms with Crippen LogP contribution in [0.1, 0.15) is 19.8 Å². The zero-order chi connectivity index (χ0) is 10.4. The second-order valence-electron chi connectivity index (χ2n) is 3.50. The van der Waals surface area contributed by atoms with Gasteiger partial charge in [0.25, 0.3) is 0 Å². The van der Waals surface area contributed by atoms with E-state index in [1.807, 2.05) is 0 Å². The molecule has 2 rings (SSSR count). The molecule has 0 saturated carbocycles. The summed E-state index contributed by atoms with van der Waals surface area (Å²) in [5, 5.41) is 4.50. The average molecular weight is 335 g/mol. The van der Waals surface area contributed by atoms with Gasteiger partial charge >= 0.3 is 0 Å². The van der Waals surface area contributed by atoms with Crippen molar-refractivity contribution < 1.29 is 45.0 Å². The molecule has 1 radical (unpaired) electrons. The predicted molar refractivity (Wildman–Crippen MR) is 56.5 cm³/mol. The Labute approximate surface area is 120 Å². The van der Waals surface area contributed by atoms with Gasteiger partial charge in [0.05, 0.1) is 0 Å². The van der Waals surface area contributed by atoms with E-state index in [1.54, 1.807) is 0 Å². The molecule has 0 N–H and O–H groups in total. The zero-order valence-corrected chi connectivity index (χ0v) is 13.2. The van der Waals surface area contributed by atoms with Gasteiger partial charge in [0.15, 0.2) is 5.96 Å². The number of nitrogens with zero attached hydrogens (tertiary/aromatic N) is 3. The quantitative estimate of drug-likeness (QED) is 0.480. The molecule has 1 saturated heterocycles. The van der Waals surface area contributed by atoms with Crippen LogP contribution in [0.15, 0.2) is 0 Å². The second-order valence-corrected chi connectivity index (χ2v) is 3.50. The Morgan fingerprint density at radius 2 is 2.00 bits per heavy atom. The summed E-state index contributed by atoms with van der Waals surface area (Å²) in [4.78, 5) is 11.1. The van der Waals surface area contributed by atoms with Gasteiger partial charge < -0.3 is 14.3 Å². The Morgan fingerprint density at radius 1 is 1.40 bits per heavy atom. The van der Waals surface area contributed by atoms with Crippen LogP contribution in [-0.2, 0) is 4.79 Å². The van der Waals surface area contributed by atoms with Gasteiger partial charge in [-0.3, -0.25) is 11.6 Å². The van der Waals surface area contributed by atoms with Crippen molar-refractivity contribution in [2.45, 2.75) is 19.8 Å². The summed E-state index contributed by atoms with van der Waals surface area (Å²) in [6.45, 7) is 5.94. The molecule has 0 aromatic rings. The van der Waals surface area contributed by atoms with Crippen LogP contribution in [0.3, 0.4) is 0 Å². The number of fused-ring (bicyclic) bond motifs is 1. The Balaban J connectivity index is 0.000000443. The van der Waals surface area contributed by atoms with Crippen LogP contribution in [0, 0.1) is 35.6 Å². The van der Waals surface area contributed by atoms with Gasteiger partial charge in [0.1, 0.15) is 0 Å². The van der Waals surface area contributed by atoms with E-state index >= 15 is 0 Å². The van der Waals surface area contributed by atoms with Crippen LogP contribution in [0.25, 0.3) is 5.32 Å². The van der Waals surface area contributed by atoms with Gasteiger partial charge in [-0.25, -0.2) is 0 Å². The summed E-state index contributed by atoms with van der Waals surface area (Å²) < 4.78 is 2.27. The van der Waals surface area contributed by atoms with Gasteiger partial charge in [-0.1, -0.05) is 0 Å². The maximum Gasteiger partial charge on any atom is 0.196 e. The standard InChI is InChI=1S/C8H15N3.C2H3O.La/c1-10-5-3-7-11-6-2-4-9-8(10)11;1-2-3;/h2-7H2,1H3;1H3;/q;-1;. The third kappa shape index (κ3) is 4.66. The summed E-state index contributed by atoms with van der Waals surface area (Å²) in [5.74, 6) is 1.22. The minimum Gasteiger partial charge on any atom is -0.542 e. The molecule has 15 heavy (non-hydrogen) atoms. The van der Waals surface area contributed by atoms with Gasteiger partial charge in [-0.15, -0.1) is 0 Å². The van der Waals surface area contributed by atoms with Crippen molar-refractivity contribution in [1.29, 1.82) is 0 Å². The van der Waals surface area contributed by atoms with Crippen molar-refractivity contribution in [2.75, 3.05) is 33.2 Å². The molecule has 83 valence electrons. The largest absolute Gasteiger partial charge is 0.542 e. The normalized spacial score (nSPS) is 18.9. The molecule has 0 amide bonds. The van der Waals surface area contributed by atoms with E-state index in [1.165, 1.54) is 51.6 Å². The molecule has 0 aliphatic carbocycles. The first kappa shape index (κ1) is 15.1. The average Bonchev–Trinajstić information content (AvgIpc) is 2.20. The Bertz CT molecular complexity index is 231. The molecule has 0 unspecified atom stereocenters. The molecule has 1 fully saturated rings.